The van der Waals surface area contributed by atoms with Gasteiger partial charge in [0.15, 0.2) is 0 Å². The van der Waals surface area contributed by atoms with Crippen LogP contribution in [0.25, 0.3) is 0 Å². The molecule has 1 aromatic heterocycles. The quantitative estimate of drug-likeness (QED) is 0.851. The molecule has 0 aliphatic heterocycles. The molecule has 1 aliphatic rings. The van der Waals surface area contributed by atoms with Gasteiger partial charge in [0.05, 0.1) is 0 Å². The maximum atomic E-state index is 6.10. The van der Waals surface area contributed by atoms with Crippen molar-refractivity contribution in [2.75, 3.05) is 0 Å². The fraction of sp³-hybridized carbons (Fsp3) is 0.556. The van der Waals surface area contributed by atoms with Crippen LogP contribution in [0.2, 0.25) is 0 Å². The van der Waals surface area contributed by atoms with E-state index in [1.54, 1.807) is 11.3 Å². The standard InChI is InChI=1S/C9H12BrNS/c10-7-4-8(12-5-7)9(11)6-2-1-3-6/h4-6,9H,1-3,11H2/t9-/m0/s1. The van der Waals surface area contributed by atoms with E-state index in [0.717, 1.165) is 10.4 Å². The average molecular weight is 246 g/mol. The van der Waals surface area contributed by atoms with Gasteiger partial charge < -0.3 is 5.73 Å². The van der Waals surface area contributed by atoms with Crippen LogP contribution in [0.3, 0.4) is 0 Å². The van der Waals surface area contributed by atoms with E-state index in [9.17, 15) is 0 Å². The van der Waals surface area contributed by atoms with E-state index in [-0.39, 0.29) is 6.04 Å². The molecular formula is C9H12BrNS. The Hall–Kier alpha value is 0.140. The van der Waals surface area contributed by atoms with Crippen LogP contribution in [0.1, 0.15) is 30.2 Å². The number of rotatable bonds is 2. The number of thiophene rings is 1. The number of nitrogens with two attached hydrogens (primary N) is 1. The summed E-state index contributed by atoms with van der Waals surface area (Å²) in [5.74, 6) is 0.746. The molecule has 1 aromatic rings. The summed E-state index contributed by atoms with van der Waals surface area (Å²) in [6.07, 6.45) is 4.00. The Balaban J connectivity index is 2.08. The molecule has 2 rings (SSSR count). The minimum Gasteiger partial charge on any atom is -0.323 e. The Bertz CT molecular complexity index is 267. The zero-order valence-corrected chi connectivity index (χ0v) is 9.20. The molecule has 0 unspecified atom stereocenters. The Labute approximate surface area is 85.1 Å². The van der Waals surface area contributed by atoms with E-state index in [0.29, 0.717) is 0 Å². The molecule has 0 saturated heterocycles. The molecule has 1 fully saturated rings. The van der Waals surface area contributed by atoms with Crippen LogP contribution in [0, 0.1) is 5.92 Å². The first kappa shape index (κ1) is 8.73. The highest BCUT2D eigenvalue weighted by Crippen LogP contribution is 2.38. The Morgan fingerprint density at radius 2 is 2.33 bits per heavy atom. The predicted octanol–water partition coefficient (Wildman–Crippen LogP) is 3.31. The summed E-state index contributed by atoms with van der Waals surface area (Å²) in [5, 5.41) is 2.11. The lowest BCUT2D eigenvalue weighted by Crippen LogP contribution is -2.25. The smallest absolute Gasteiger partial charge is 0.0418 e. The van der Waals surface area contributed by atoms with Crippen LogP contribution in [0.4, 0.5) is 0 Å². The van der Waals surface area contributed by atoms with Crippen molar-refractivity contribution in [1.82, 2.24) is 0 Å². The summed E-state index contributed by atoms with van der Waals surface area (Å²) >= 11 is 5.21. The van der Waals surface area contributed by atoms with Gasteiger partial charge in [0, 0.05) is 20.8 Å². The van der Waals surface area contributed by atoms with E-state index in [2.05, 4.69) is 27.4 Å². The SMILES string of the molecule is N[C@H](c1cc(Br)cs1)C1CCC1. The lowest BCUT2D eigenvalue weighted by molar-refractivity contribution is 0.267. The van der Waals surface area contributed by atoms with Gasteiger partial charge in [0.25, 0.3) is 0 Å². The molecule has 66 valence electrons. The first-order valence-electron chi connectivity index (χ1n) is 4.27. The zero-order chi connectivity index (χ0) is 8.55. The molecule has 1 atom stereocenters. The monoisotopic (exact) mass is 245 g/mol. The molecule has 1 heterocycles. The second-order valence-electron chi connectivity index (χ2n) is 3.38. The Kier molecular flexibility index (Phi) is 2.53. The molecule has 3 heteroatoms. The highest BCUT2D eigenvalue weighted by atomic mass is 79.9. The normalized spacial score (nSPS) is 20.5. The lowest BCUT2D eigenvalue weighted by Gasteiger charge is -2.30. The fourth-order valence-corrected chi connectivity index (χ4v) is 3.07. The molecule has 2 N–H and O–H groups in total. The van der Waals surface area contributed by atoms with Gasteiger partial charge in [-0.1, -0.05) is 6.42 Å². The Morgan fingerprint density at radius 1 is 1.58 bits per heavy atom. The minimum absolute atomic E-state index is 0.287. The van der Waals surface area contributed by atoms with Crippen LogP contribution in [-0.4, -0.2) is 0 Å². The molecule has 0 spiro atoms. The van der Waals surface area contributed by atoms with Gasteiger partial charge in [0.2, 0.25) is 0 Å². The number of halogens is 1. The van der Waals surface area contributed by atoms with Crippen molar-refractivity contribution < 1.29 is 0 Å². The Morgan fingerprint density at radius 3 is 2.75 bits per heavy atom. The third kappa shape index (κ3) is 1.58. The second kappa shape index (κ2) is 3.48. The molecule has 1 aliphatic carbocycles. The van der Waals surface area contributed by atoms with Gasteiger partial charge >= 0.3 is 0 Å². The van der Waals surface area contributed by atoms with E-state index in [4.69, 9.17) is 5.73 Å². The zero-order valence-electron chi connectivity index (χ0n) is 6.79. The van der Waals surface area contributed by atoms with E-state index in [1.807, 2.05) is 0 Å². The first-order chi connectivity index (χ1) is 5.77. The predicted molar refractivity (Wildman–Crippen MR) is 56.3 cm³/mol. The maximum absolute atomic E-state index is 6.10. The van der Waals surface area contributed by atoms with Crippen LogP contribution in [0.5, 0.6) is 0 Å². The van der Waals surface area contributed by atoms with Gasteiger partial charge in [-0.3, -0.25) is 0 Å². The van der Waals surface area contributed by atoms with Crippen LogP contribution in [-0.2, 0) is 0 Å². The van der Waals surface area contributed by atoms with Crippen LogP contribution >= 0.6 is 27.3 Å². The summed E-state index contributed by atoms with van der Waals surface area (Å²) in [6.45, 7) is 0. The molecule has 0 amide bonds. The molecule has 1 nitrogen and oxygen atoms in total. The van der Waals surface area contributed by atoms with Gasteiger partial charge in [-0.25, -0.2) is 0 Å². The molecule has 1 saturated carbocycles. The van der Waals surface area contributed by atoms with E-state index in [1.165, 1.54) is 24.1 Å². The van der Waals surface area contributed by atoms with Crippen molar-refractivity contribution in [3.63, 3.8) is 0 Å². The summed E-state index contributed by atoms with van der Waals surface area (Å²) in [4.78, 5) is 1.33. The van der Waals surface area contributed by atoms with Crippen molar-refractivity contribution in [3.8, 4) is 0 Å². The molecular weight excluding hydrogens is 234 g/mol. The third-order valence-corrected chi connectivity index (χ3v) is 4.37. The van der Waals surface area contributed by atoms with Gasteiger partial charge in [-0.2, -0.15) is 0 Å². The fourth-order valence-electron chi connectivity index (χ4n) is 1.53. The summed E-state index contributed by atoms with van der Waals surface area (Å²) in [6, 6.07) is 2.43. The largest absolute Gasteiger partial charge is 0.323 e. The number of hydrogen-bond acceptors (Lipinski definition) is 2. The second-order valence-corrected chi connectivity index (χ2v) is 5.24. The topological polar surface area (TPSA) is 26.0 Å². The minimum atomic E-state index is 0.287. The molecule has 0 bridgehead atoms. The van der Waals surface area contributed by atoms with Gasteiger partial charge in [0.1, 0.15) is 0 Å². The van der Waals surface area contributed by atoms with Crippen molar-refractivity contribution in [1.29, 1.82) is 0 Å². The molecule has 0 radical (unpaired) electrons. The average Bonchev–Trinajstić information content (AvgIpc) is 2.31. The molecule has 12 heavy (non-hydrogen) atoms. The van der Waals surface area contributed by atoms with Crippen molar-refractivity contribution in [2.24, 2.45) is 11.7 Å². The van der Waals surface area contributed by atoms with Gasteiger partial charge in [-0.15, -0.1) is 11.3 Å². The van der Waals surface area contributed by atoms with Crippen molar-refractivity contribution in [2.45, 2.75) is 25.3 Å². The van der Waals surface area contributed by atoms with Crippen LogP contribution in [0.15, 0.2) is 15.9 Å². The summed E-state index contributed by atoms with van der Waals surface area (Å²) in [7, 11) is 0. The summed E-state index contributed by atoms with van der Waals surface area (Å²) < 4.78 is 1.16. The van der Waals surface area contributed by atoms with E-state index < -0.39 is 0 Å². The van der Waals surface area contributed by atoms with Gasteiger partial charge in [-0.05, 0) is 40.8 Å². The van der Waals surface area contributed by atoms with Crippen LogP contribution < -0.4 is 5.73 Å². The lowest BCUT2D eigenvalue weighted by atomic mass is 9.79. The van der Waals surface area contributed by atoms with E-state index >= 15 is 0 Å². The van der Waals surface area contributed by atoms with Crippen molar-refractivity contribution >= 4 is 27.3 Å². The maximum Gasteiger partial charge on any atom is 0.0418 e. The summed E-state index contributed by atoms with van der Waals surface area (Å²) in [5.41, 5.74) is 6.10. The highest BCUT2D eigenvalue weighted by molar-refractivity contribution is 9.10. The number of hydrogen-bond donors (Lipinski definition) is 1. The highest BCUT2D eigenvalue weighted by Gasteiger charge is 2.26. The molecule has 0 aromatic carbocycles. The first-order valence-corrected chi connectivity index (χ1v) is 5.94. The van der Waals surface area contributed by atoms with Crippen molar-refractivity contribution in [3.05, 3.63) is 20.8 Å². The third-order valence-electron chi connectivity index (χ3n) is 2.57.